The molecule has 0 aliphatic rings. The van der Waals surface area contributed by atoms with Crippen LogP contribution in [0, 0.1) is 11.8 Å². The van der Waals surface area contributed by atoms with Crippen molar-refractivity contribution < 1.29 is 0 Å². The first-order valence-electron chi connectivity index (χ1n) is 6.64. The molecule has 0 fully saturated rings. The van der Waals surface area contributed by atoms with E-state index in [0.717, 1.165) is 12.1 Å². The molecular formula is C16H24N2S. The lowest BCUT2D eigenvalue weighted by molar-refractivity contribution is 0.245. The van der Waals surface area contributed by atoms with E-state index >= 15 is 0 Å². The van der Waals surface area contributed by atoms with Crippen molar-refractivity contribution in [2.24, 2.45) is 5.73 Å². The van der Waals surface area contributed by atoms with E-state index in [0.29, 0.717) is 12.6 Å². The summed E-state index contributed by atoms with van der Waals surface area (Å²) in [6.45, 7) is 3.69. The van der Waals surface area contributed by atoms with Crippen LogP contribution in [-0.4, -0.2) is 36.5 Å². The Labute approximate surface area is 121 Å². The molecule has 1 atom stereocenters. The zero-order valence-electron chi connectivity index (χ0n) is 12.1. The average molecular weight is 276 g/mol. The molecule has 0 aromatic heterocycles. The first-order valence-corrected chi connectivity index (χ1v) is 8.03. The fourth-order valence-corrected chi connectivity index (χ4v) is 2.38. The summed E-state index contributed by atoms with van der Waals surface area (Å²) in [7, 11) is 2.19. The van der Waals surface area contributed by atoms with E-state index in [-0.39, 0.29) is 0 Å². The largest absolute Gasteiger partial charge is 0.320 e. The van der Waals surface area contributed by atoms with Gasteiger partial charge >= 0.3 is 0 Å². The number of rotatable bonds is 6. The maximum absolute atomic E-state index is 5.36. The minimum absolute atomic E-state index is 0.414. The van der Waals surface area contributed by atoms with Crippen LogP contribution in [0.3, 0.4) is 0 Å². The highest BCUT2D eigenvalue weighted by Crippen LogP contribution is 2.11. The zero-order valence-corrected chi connectivity index (χ0v) is 13.0. The molecule has 19 heavy (non-hydrogen) atoms. The van der Waals surface area contributed by atoms with Gasteiger partial charge in [-0.2, -0.15) is 11.8 Å². The van der Waals surface area contributed by atoms with Crippen LogP contribution in [0.4, 0.5) is 0 Å². The van der Waals surface area contributed by atoms with E-state index in [2.05, 4.69) is 61.2 Å². The van der Waals surface area contributed by atoms with Gasteiger partial charge in [0.1, 0.15) is 0 Å². The molecule has 0 bridgehead atoms. The van der Waals surface area contributed by atoms with Gasteiger partial charge in [0.05, 0.1) is 6.54 Å². The van der Waals surface area contributed by atoms with Gasteiger partial charge in [-0.25, -0.2) is 0 Å². The van der Waals surface area contributed by atoms with Gasteiger partial charge in [-0.3, -0.25) is 4.90 Å². The van der Waals surface area contributed by atoms with E-state index in [1.54, 1.807) is 0 Å². The molecule has 0 saturated heterocycles. The Morgan fingerprint density at radius 3 is 2.58 bits per heavy atom. The highest BCUT2D eigenvalue weighted by Gasteiger charge is 2.08. The van der Waals surface area contributed by atoms with Gasteiger partial charge in [-0.15, -0.1) is 0 Å². The summed E-state index contributed by atoms with van der Waals surface area (Å²) in [5, 5.41) is 0. The Bertz CT molecular complexity index is 417. The van der Waals surface area contributed by atoms with Crippen molar-refractivity contribution in [3.05, 3.63) is 35.4 Å². The first kappa shape index (κ1) is 16.1. The zero-order chi connectivity index (χ0) is 14.1. The Balaban J connectivity index is 2.52. The molecule has 0 aliphatic carbocycles. The van der Waals surface area contributed by atoms with Gasteiger partial charge in [0.25, 0.3) is 0 Å². The Hall–Kier alpha value is -0.950. The van der Waals surface area contributed by atoms with Crippen LogP contribution in [0.2, 0.25) is 0 Å². The summed E-state index contributed by atoms with van der Waals surface area (Å²) < 4.78 is 0. The Kier molecular flexibility index (Phi) is 7.66. The highest BCUT2D eigenvalue weighted by molar-refractivity contribution is 7.98. The van der Waals surface area contributed by atoms with Crippen LogP contribution in [-0.2, 0) is 6.54 Å². The summed E-state index contributed by atoms with van der Waals surface area (Å²) in [6, 6.07) is 9.05. The second kappa shape index (κ2) is 9.03. The van der Waals surface area contributed by atoms with Crippen LogP contribution in [0.15, 0.2) is 24.3 Å². The molecule has 0 amide bonds. The number of hydrogen-bond donors (Lipinski definition) is 1. The van der Waals surface area contributed by atoms with Gasteiger partial charge in [0.2, 0.25) is 0 Å². The van der Waals surface area contributed by atoms with Gasteiger partial charge < -0.3 is 5.73 Å². The molecule has 0 spiro atoms. The van der Waals surface area contributed by atoms with Crippen molar-refractivity contribution in [1.29, 1.82) is 0 Å². The molecule has 2 nitrogen and oxygen atoms in total. The van der Waals surface area contributed by atoms with Crippen LogP contribution in [0.1, 0.15) is 24.5 Å². The molecule has 0 heterocycles. The predicted molar refractivity (Wildman–Crippen MR) is 86.3 cm³/mol. The fourth-order valence-electron chi connectivity index (χ4n) is 1.80. The van der Waals surface area contributed by atoms with E-state index in [9.17, 15) is 0 Å². The van der Waals surface area contributed by atoms with Crippen LogP contribution >= 0.6 is 11.8 Å². The molecule has 1 rings (SSSR count). The van der Waals surface area contributed by atoms with Gasteiger partial charge in [-0.1, -0.05) is 24.0 Å². The summed E-state index contributed by atoms with van der Waals surface area (Å²) in [4.78, 5) is 2.40. The molecule has 0 radical (unpaired) electrons. The molecule has 0 saturated carbocycles. The summed E-state index contributed by atoms with van der Waals surface area (Å²) in [5.41, 5.74) is 7.73. The maximum atomic E-state index is 5.36. The van der Waals surface area contributed by atoms with Crippen molar-refractivity contribution >= 4 is 11.8 Å². The number of nitrogens with zero attached hydrogens (tertiary/aromatic N) is 1. The predicted octanol–water partition coefficient (Wildman–Crippen LogP) is 2.57. The second-order valence-electron chi connectivity index (χ2n) is 4.75. The molecule has 104 valence electrons. The number of hydrogen-bond acceptors (Lipinski definition) is 3. The minimum Gasteiger partial charge on any atom is -0.320 e. The molecule has 2 N–H and O–H groups in total. The van der Waals surface area contributed by atoms with Crippen LogP contribution in [0.25, 0.3) is 0 Å². The fraction of sp³-hybridized carbons (Fsp3) is 0.500. The van der Waals surface area contributed by atoms with E-state index < -0.39 is 0 Å². The van der Waals surface area contributed by atoms with E-state index in [4.69, 9.17) is 5.73 Å². The lowest BCUT2D eigenvalue weighted by atomic mass is 10.1. The average Bonchev–Trinajstić information content (AvgIpc) is 2.43. The lowest BCUT2D eigenvalue weighted by Crippen LogP contribution is -2.29. The standard InChI is InChI=1S/C16H24N2S/c1-14(10-12-19-3)18(2)13-16-8-6-15(7-9-16)5-4-11-17/h6-9,14H,10-13,17H2,1-3H3. The molecule has 0 aliphatic heterocycles. The van der Waals surface area contributed by atoms with Crippen LogP contribution < -0.4 is 5.73 Å². The van der Waals surface area contributed by atoms with Gasteiger partial charge in [0.15, 0.2) is 0 Å². The maximum Gasteiger partial charge on any atom is 0.0555 e. The van der Waals surface area contributed by atoms with Crippen LogP contribution in [0.5, 0.6) is 0 Å². The molecule has 3 heteroatoms. The monoisotopic (exact) mass is 276 g/mol. The Morgan fingerprint density at radius 1 is 1.32 bits per heavy atom. The summed E-state index contributed by atoms with van der Waals surface area (Å²) in [5.74, 6) is 7.14. The molecular weight excluding hydrogens is 252 g/mol. The topological polar surface area (TPSA) is 29.3 Å². The normalized spacial score (nSPS) is 12.1. The smallest absolute Gasteiger partial charge is 0.0555 e. The number of benzene rings is 1. The quantitative estimate of drug-likeness (QED) is 0.810. The summed E-state index contributed by atoms with van der Waals surface area (Å²) in [6.07, 6.45) is 3.39. The van der Waals surface area contributed by atoms with Crippen molar-refractivity contribution in [1.82, 2.24) is 4.90 Å². The van der Waals surface area contributed by atoms with Crippen molar-refractivity contribution in [2.75, 3.05) is 25.6 Å². The molecule has 1 unspecified atom stereocenters. The van der Waals surface area contributed by atoms with Crippen molar-refractivity contribution in [3.63, 3.8) is 0 Å². The third-order valence-electron chi connectivity index (χ3n) is 3.21. The third kappa shape index (κ3) is 6.15. The highest BCUT2D eigenvalue weighted by atomic mass is 32.2. The SMILES string of the molecule is CSCCC(C)N(C)Cc1ccc(C#CCN)cc1. The summed E-state index contributed by atoms with van der Waals surface area (Å²) >= 11 is 1.91. The number of thioether (sulfide) groups is 1. The molecule has 1 aromatic carbocycles. The second-order valence-corrected chi connectivity index (χ2v) is 5.73. The van der Waals surface area contributed by atoms with E-state index in [1.165, 1.54) is 17.7 Å². The lowest BCUT2D eigenvalue weighted by Gasteiger charge is -2.24. The van der Waals surface area contributed by atoms with E-state index in [1.807, 2.05) is 11.8 Å². The Morgan fingerprint density at radius 2 is 2.00 bits per heavy atom. The van der Waals surface area contributed by atoms with Gasteiger partial charge in [-0.05, 0) is 50.1 Å². The first-order chi connectivity index (χ1) is 9.17. The van der Waals surface area contributed by atoms with Gasteiger partial charge in [0, 0.05) is 18.2 Å². The van der Waals surface area contributed by atoms with Crippen molar-refractivity contribution in [3.8, 4) is 11.8 Å². The van der Waals surface area contributed by atoms with Crippen molar-refractivity contribution in [2.45, 2.75) is 25.9 Å². The minimum atomic E-state index is 0.414. The molecule has 1 aromatic rings. The third-order valence-corrected chi connectivity index (χ3v) is 3.86. The number of nitrogens with two attached hydrogens (primary N) is 1.